The van der Waals surface area contributed by atoms with Crippen LogP contribution in [0.2, 0.25) is 0 Å². The van der Waals surface area contributed by atoms with Crippen LogP contribution in [0.15, 0.2) is 53.3 Å². The summed E-state index contributed by atoms with van der Waals surface area (Å²) in [7, 11) is 0. The molecule has 0 amide bonds. The number of nitrogens with one attached hydrogen (secondary N) is 1. The fourth-order valence-electron chi connectivity index (χ4n) is 3.15. The van der Waals surface area contributed by atoms with Gasteiger partial charge in [-0.1, -0.05) is 42.0 Å². The molecule has 0 atom stereocenters. The fourth-order valence-corrected chi connectivity index (χ4v) is 3.15. The summed E-state index contributed by atoms with van der Waals surface area (Å²) in [4.78, 5) is 28.8. The first-order chi connectivity index (χ1) is 13.0. The van der Waals surface area contributed by atoms with E-state index in [0.717, 1.165) is 27.7 Å². The van der Waals surface area contributed by atoms with Crippen molar-refractivity contribution in [2.75, 3.05) is 0 Å². The molecule has 0 fully saturated rings. The predicted molar refractivity (Wildman–Crippen MR) is 107 cm³/mol. The second kappa shape index (κ2) is 6.76. The molecule has 0 unspecified atom stereocenters. The van der Waals surface area contributed by atoms with Crippen LogP contribution in [0.5, 0.6) is 0 Å². The number of H-pyrrole nitrogens is 1. The van der Waals surface area contributed by atoms with Gasteiger partial charge in [-0.3, -0.25) is 4.79 Å². The van der Waals surface area contributed by atoms with Gasteiger partial charge in [-0.15, -0.1) is 0 Å². The van der Waals surface area contributed by atoms with Crippen molar-refractivity contribution >= 4 is 10.9 Å². The zero-order chi connectivity index (χ0) is 19.0. The lowest BCUT2D eigenvalue weighted by atomic mass is 10.1. The molecule has 0 saturated carbocycles. The average molecular weight is 356 g/mol. The summed E-state index contributed by atoms with van der Waals surface area (Å²) < 4.78 is 0. The molecule has 0 radical (unpaired) electrons. The highest BCUT2D eigenvalue weighted by Crippen LogP contribution is 2.19. The second-order valence-electron chi connectivity index (χ2n) is 6.87. The Bertz CT molecular complexity index is 1190. The minimum atomic E-state index is -0.177. The van der Waals surface area contributed by atoms with Gasteiger partial charge in [0.15, 0.2) is 0 Å². The smallest absolute Gasteiger partial charge is 0.251 e. The van der Waals surface area contributed by atoms with Crippen LogP contribution >= 0.6 is 0 Å². The molecule has 27 heavy (non-hydrogen) atoms. The van der Waals surface area contributed by atoms with Gasteiger partial charge in [-0.05, 0) is 32.4 Å². The van der Waals surface area contributed by atoms with E-state index in [-0.39, 0.29) is 5.56 Å². The van der Waals surface area contributed by atoms with Gasteiger partial charge in [-0.25, -0.2) is 15.0 Å². The normalized spacial score (nSPS) is 11.1. The average Bonchev–Trinajstić information content (AvgIpc) is 2.61. The molecule has 1 N–H and O–H groups in total. The molecular weight excluding hydrogens is 336 g/mol. The Labute approximate surface area is 157 Å². The lowest BCUT2D eigenvalue weighted by Crippen LogP contribution is -2.13. The van der Waals surface area contributed by atoms with Crippen molar-refractivity contribution in [3.63, 3.8) is 0 Å². The summed E-state index contributed by atoms with van der Waals surface area (Å²) in [5.41, 5.74) is 5.55. The summed E-state index contributed by atoms with van der Waals surface area (Å²) in [5, 5.41) is 1.04. The van der Waals surface area contributed by atoms with Crippen molar-refractivity contribution in [3.8, 4) is 11.3 Å². The fraction of sp³-hybridized carbons (Fsp3) is 0.182. The van der Waals surface area contributed by atoms with Crippen molar-refractivity contribution in [1.29, 1.82) is 0 Å². The van der Waals surface area contributed by atoms with Crippen molar-refractivity contribution in [2.24, 2.45) is 0 Å². The maximum Gasteiger partial charge on any atom is 0.251 e. The predicted octanol–water partition coefficient (Wildman–Crippen LogP) is 3.90. The number of benzene rings is 2. The van der Waals surface area contributed by atoms with Crippen molar-refractivity contribution in [3.05, 3.63) is 87.4 Å². The van der Waals surface area contributed by atoms with Crippen molar-refractivity contribution in [1.82, 2.24) is 19.9 Å². The number of rotatable bonds is 3. The van der Waals surface area contributed by atoms with E-state index in [2.05, 4.69) is 26.0 Å². The zero-order valence-corrected chi connectivity index (χ0v) is 15.6. The molecule has 0 spiro atoms. The summed E-state index contributed by atoms with van der Waals surface area (Å²) in [6.07, 6.45) is 0.375. The Hall–Kier alpha value is -3.34. The number of hydrogen-bond donors (Lipinski definition) is 1. The van der Waals surface area contributed by atoms with Crippen LogP contribution < -0.4 is 5.56 Å². The molecule has 0 aliphatic heterocycles. The molecule has 5 heteroatoms. The van der Waals surface area contributed by atoms with Gasteiger partial charge in [0.25, 0.3) is 5.56 Å². The first kappa shape index (κ1) is 17.1. The molecule has 4 rings (SSSR count). The molecule has 0 aliphatic rings. The molecule has 0 bridgehead atoms. The number of fused-ring (bicyclic) bond motifs is 1. The molecule has 134 valence electrons. The molecule has 2 aromatic heterocycles. The van der Waals surface area contributed by atoms with Gasteiger partial charge >= 0.3 is 0 Å². The minimum absolute atomic E-state index is 0.177. The molecule has 2 aromatic carbocycles. The van der Waals surface area contributed by atoms with E-state index in [9.17, 15) is 4.79 Å². The second-order valence-corrected chi connectivity index (χ2v) is 6.87. The van der Waals surface area contributed by atoms with Crippen LogP contribution in [0.3, 0.4) is 0 Å². The SMILES string of the molecule is Cc1ccc(-c2cc(=O)[nH]c(Cc3nc(C)c4ccc(C)cc4n3)n2)cc1. The van der Waals surface area contributed by atoms with Crippen LogP contribution in [-0.2, 0) is 6.42 Å². The van der Waals surface area contributed by atoms with Gasteiger partial charge in [0.1, 0.15) is 11.6 Å². The van der Waals surface area contributed by atoms with Crippen LogP contribution in [-0.4, -0.2) is 19.9 Å². The lowest BCUT2D eigenvalue weighted by Gasteiger charge is -2.07. The van der Waals surface area contributed by atoms with Crippen LogP contribution in [0.25, 0.3) is 22.2 Å². The van der Waals surface area contributed by atoms with Gasteiger partial charge in [0, 0.05) is 22.7 Å². The van der Waals surface area contributed by atoms with E-state index in [1.54, 1.807) is 0 Å². The molecule has 0 aliphatic carbocycles. The summed E-state index contributed by atoms with van der Waals surface area (Å²) in [6.45, 7) is 6.05. The zero-order valence-electron chi connectivity index (χ0n) is 15.6. The number of aryl methyl sites for hydroxylation is 3. The summed E-state index contributed by atoms with van der Waals surface area (Å²) in [5.74, 6) is 1.21. The Morgan fingerprint density at radius 3 is 2.37 bits per heavy atom. The molecular formula is C22H20N4O. The third-order valence-electron chi connectivity index (χ3n) is 4.55. The van der Waals surface area contributed by atoms with E-state index in [4.69, 9.17) is 0 Å². The topological polar surface area (TPSA) is 71.5 Å². The molecule has 2 heterocycles. The lowest BCUT2D eigenvalue weighted by molar-refractivity contribution is 0.881. The van der Waals surface area contributed by atoms with Crippen LogP contribution in [0.4, 0.5) is 0 Å². The highest BCUT2D eigenvalue weighted by molar-refractivity contribution is 5.81. The standard InChI is InChI=1S/C22H20N4O/c1-13-4-7-16(8-5-13)18-11-22(27)26-21(24-18)12-20-23-15(3)17-9-6-14(2)10-19(17)25-20/h4-11H,12H2,1-3H3,(H,24,26,27). The minimum Gasteiger partial charge on any atom is -0.310 e. The quantitative estimate of drug-likeness (QED) is 0.604. The number of nitrogens with zero attached hydrogens (tertiary/aromatic N) is 3. The number of hydrogen-bond acceptors (Lipinski definition) is 4. The van der Waals surface area contributed by atoms with E-state index in [0.29, 0.717) is 23.8 Å². The summed E-state index contributed by atoms with van der Waals surface area (Å²) in [6, 6.07) is 15.6. The van der Waals surface area contributed by atoms with Gasteiger partial charge < -0.3 is 4.98 Å². The number of aromatic nitrogens is 4. The molecule has 4 aromatic rings. The van der Waals surface area contributed by atoms with Gasteiger partial charge in [-0.2, -0.15) is 0 Å². The Morgan fingerprint density at radius 1 is 0.852 bits per heavy atom. The first-order valence-corrected chi connectivity index (χ1v) is 8.89. The summed E-state index contributed by atoms with van der Waals surface area (Å²) >= 11 is 0. The monoisotopic (exact) mass is 356 g/mol. The maximum absolute atomic E-state index is 12.1. The van der Waals surface area contributed by atoms with Crippen molar-refractivity contribution in [2.45, 2.75) is 27.2 Å². The maximum atomic E-state index is 12.1. The highest BCUT2D eigenvalue weighted by Gasteiger charge is 2.09. The van der Waals surface area contributed by atoms with Crippen molar-refractivity contribution < 1.29 is 0 Å². The van der Waals surface area contributed by atoms with E-state index >= 15 is 0 Å². The van der Waals surface area contributed by atoms with E-state index < -0.39 is 0 Å². The molecule has 0 saturated heterocycles. The Morgan fingerprint density at radius 2 is 1.59 bits per heavy atom. The van der Waals surface area contributed by atoms with Crippen LogP contribution in [0.1, 0.15) is 28.5 Å². The largest absolute Gasteiger partial charge is 0.310 e. The third kappa shape index (κ3) is 3.62. The third-order valence-corrected chi connectivity index (χ3v) is 4.55. The first-order valence-electron chi connectivity index (χ1n) is 8.89. The van der Waals surface area contributed by atoms with E-state index in [1.807, 2.05) is 57.2 Å². The Balaban J connectivity index is 1.73. The number of aromatic amines is 1. The van der Waals surface area contributed by atoms with E-state index in [1.165, 1.54) is 11.6 Å². The van der Waals surface area contributed by atoms with Gasteiger partial charge in [0.05, 0.1) is 17.6 Å². The molecule has 5 nitrogen and oxygen atoms in total. The van der Waals surface area contributed by atoms with Gasteiger partial charge in [0.2, 0.25) is 0 Å². The highest BCUT2D eigenvalue weighted by atomic mass is 16.1. The van der Waals surface area contributed by atoms with Crippen LogP contribution in [0, 0.1) is 20.8 Å². The Kier molecular flexibility index (Phi) is 4.28.